The summed E-state index contributed by atoms with van der Waals surface area (Å²) in [5.74, 6) is 0.121. The minimum Gasteiger partial charge on any atom is -0.411 e. The Labute approximate surface area is 168 Å². The summed E-state index contributed by atoms with van der Waals surface area (Å²) < 4.78 is 6.59. The number of carbonyl (C=O) groups excluding carboxylic acids is 2. The molecule has 1 aromatic heterocycles. The number of amides is 1. The maximum Gasteiger partial charge on any atom is 0.277 e. The summed E-state index contributed by atoms with van der Waals surface area (Å²) >= 11 is 4.55. The van der Waals surface area contributed by atoms with Gasteiger partial charge in [0.25, 0.3) is 5.22 Å². The SMILES string of the molecule is CC(=O)c1cccc(NC(=O)[C@@H](C)Sc2nnc(-c3ccc(Br)cc3)o2)c1. The first kappa shape index (κ1) is 19.3. The highest BCUT2D eigenvalue weighted by Crippen LogP contribution is 2.27. The molecule has 8 heteroatoms. The van der Waals surface area contributed by atoms with Crippen LogP contribution in [0.1, 0.15) is 24.2 Å². The number of Topliss-reactive ketones (excluding diaryl/α,β-unsaturated/α-hetero) is 1. The fourth-order valence-corrected chi connectivity index (χ4v) is 3.18. The molecule has 0 spiro atoms. The standard InChI is InChI=1S/C19H16BrN3O3S/c1-11(24)14-4-3-5-16(10-14)21-17(25)12(2)27-19-23-22-18(26-19)13-6-8-15(20)9-7-13/h3-10,12H,1-2H3,(H,21,25)/t12-/m1/s1. The Bertz CT molecular complexity index is 972. The van der Waals surface area contributed by atoms with Gasteiger partial charge in [-0.15, -0.1) is 10.2 Å². The molecule has 6 nitrogen and oxygen atoms in total. The summed E-state index contributed by atoms with van der Waals surface area (Å²) in [5, 5.41) is 10.7. The van der Waals surface area contributed by atoms with E-state index >= 15 is 0 Å². The average molecular weight is 446 g/mol. The Morgan fingerprint density at radius 1 is 1.15 bits per heavy atom. The second kappa shape index (κ2) is 8.49. The second-order valence-electron chi connectivity index (χ2n) is 5.77. The summed E-state index contributed by atoms with van der Waals surface area (Å²) in [6.45, 7) is 3.23. The summed E-state index contributed by atoms with van der Waals surface area (Å²) in [7, 11) is 0. The normalized spacial score (nSPS) is 11.8. The Morgan fingerprint density at radius 2 is 1.89 bits per heavy atom. The van der Waals surface area contributed by atoms with Crippen molar-refractivity contribution in [2.75, 3.05) is 5.32 Å². The Kier molecular flexibility index (Phi) is 6.08. The van der Waals surface area contributed by atoms with Gasteiger partial charge in [0.05, 0.1) is 5.25 Å². The van der Waals surface area contributed by atoms with Crippen molar-refractivity contribution in [2.24, 2.45) is 0 Å². The molecule has 1 atom stereocenters. The second-order valence-corrected chi connectivity index (χ2v) is 7.97. The van der Waals surface area contributed by atoms with E-state index in [4.69, 9.17) is 4.42 Å². The minimum atomic E-state index is -0.454. The number of aromatic nitrogens is 2. The van der Waals surface area contributed by atoms with Crippen LogP contribution in [0.5, 0.6) is 0 Å². The molecule has 0 fully saturated rings. The van der Waals surface area contributed by atoms with E-state index in [-0.39, 0.29) is 11.7 Å². The number of hydrogen-bond donors (Lipinski definition) is 1. The smallest absolute Gasteiger partial charge is 0.277 e. The molecule has 1 N–H and O–H groups in total. The van der Waals surface area contributed by atoms with Crippen molar-refractivity contribution in [3.63, 3.8) is 0 Å². The average Bonchev–Trinajstić information content (AvgIpc) is 3.11. The van der Waals surface area contributed by atoms with Crippen LogP contribution in [0.4, 0.5) is 5.69 Å². The molecular formula is C19H16BrN3O3S. The van der Waals surface area contributed by atoms with E-state index in [0.717, 1.165) is 10.0 Å². The Hall–Kier alpha value is -2.45. The first-order valence-electron chi connectivity index (χ1n) is 8.10. The zero-order valence-corrected chi connectivity index (χ0v) is 17.0. The van der Waals surface area contributed by atoms with Crippen molar-refractivity contribution in [3.8, 4) is 11.5 Å². The molecule has 0 aliphatic carbocycles. The molecule has 2 aromatic carbocycles. The predicted octanol–water partition coefficient (Wildman–Crippen LogP) is 4.82. The van der Waals surface area contributed by atoms with Crippen molar-refractivity contribution in [1.82, 2.24) is 10.2 Å². The van der Waals surface area contributed by atoms with E-state index in [0.29, 0.717) is 22.4 Å². The van der Waals surface area contributed by atoms with Crippen molar-refractivity contribution in [1.29, 1.82) is 0 Å². The number of nitrogens with one attached hydrogen (secondary N) is 1. The van der Waals surface area contributed by atoms with Crippen LogP contribution in [0.25, 0.3) is 11.5 Å². The number of hydrogen-bond acceptors (Lipinski definition) is 6. The van der Waals surface area contributed by atoms with Gasteiger partial charge in [-0.3, -0.25) is 9.59 Å². The van der Waals surface area contributed by atoms with Gasteiger partial charge < -0.3 is 9.73 Å². The number of ketones is 1. The van der Waals surface area contributed by atoms with Crippen molar-refractivity contribution >= 4 is 45.1 Å². The van der Waals surface area contributed by atoms with Crippen LogP contribution in [0.2, 0.25) is 0 Å². The van der Waals surface area contributed by atoms with Crippen molar-refractivity contribution < 1.29 is 14.0 Å². The lowest BCUT2D eigenvalue weighted by atomic mass is 10.1. The summed E-state index contributed by atoms with van der Waals surface area (Å²) in [6, 6.07) is 14.3. The van der Waals surface area contributed by atoms with E-state index in [1.165, 1.54) is 18.7 Å². The van der Waals surface area contributed by atoms with E-state index < -0.39 is 5.25 Å². The van der Waals surface area contributed by atoms with Gasteiger partial charge in [0.1, 0.15) is 0 Å². The van der Waals surface area contributed by atoms with Crippen molar-refractivity contribution in [2.45, 2.75) is 24.3 Å². The van der Waals surface area contributed by atoms with Crippen LogP contribution >= 0.6 is 27.7 Å². The van der Waals surface area contributed by atoms with Gasteiger partial charge >= 0.3 is 0 Å². The first-order valence-corrected chi connectivity index (χ1v) is 9.77. The van der Waals surface area contributed by atoms with Crippen LogP contribution in [0, 0.1) is 0 Å². The molecule has 0 unspecified atom stereocenters. The zero-order chi connectivity index (χ0) is 19.4. The predicted molar refractivity (Wildman–Crippen MR) is 108 cm³/mol. The fraction of sp³-hybridized carbons (Fsp3) is 0.158. The van der Waals surface area contributed by atoms with Crippen LogP contribution in [-0.2, 0) is 4.79 Å². The third kappa shape index (κ3) is 5.05. The molecule has 0 saturated heterocycles. The summed E-state index contributed by atoms with van der Waals surface area (Å²) in [6.07, 6.45) is 0. The van der Waals surface area contributed by atoms with Gasteiger partial charge in [0.2, 0.25) is 11.8 Å². The third-order valence-corrected chi connectivity index (χ3v) is 5.14. The molecule has 1 heterocycles. The van der Waals surface area contributed by atoms with E-state index in [9.17, 15) is 9.59 Å². The van der Waals surface area contributed by atoms with Crippen molar-refractivity contribution in [3.05, 3.63) is 58.6 Å². The molecular weight excluding hydrogens is 430 g/mol. The number of thioether (sulfide) groups is 1. The molecule has 3 rings (SSSR count). The lowest BCUT2D eigenvalue weighted by Crippen LogP contribution is -2.22. The Morgan fingerprint density at radius 3 is 2.59 bits per heavy atom. The molecule has 0 aliphatic rings. The minimum absolute atomic E-state index is 0.0557. The summed E-state index contributed by atoms with van der Waals surface area (Å²) in [5.41, 5.74) is 1.92. The number of rotatable bonds is 6. The number of halogens is 1. The van der Waals surface area contributed by atoms with E-state index in [2.05, 4.69) is 31.4 Å². The maximum atomic E-state index is 12.4. The molecule has 0 bridgehead atoms. The van der Waals surface area contributed by atoms with Crippen LogP contribution in [-0.4, -0.2) is 27.1 Å². The number of anilines is 1. The van der Waals surface area contributed by atoms with Gasteiger partial charge in [0.15, 0.2) is 5.78 Å². The fourth-order valence-electron chi connectivity index (χ4n) is 2.23. The molecule has 138 valence electrons. The molecule has 1 amide bonds. The van der Waals surface area contributed by atoms with Gasteiger partial charge in [-0.2, -0.15) is 0 Å². The third-order valence-electron chi connectivity index (χ3n) is 3.68. The lowest BCUT2D eigenvalue weighted by Gasteiger charge is -2.10. The molecule has 27 heavy (non-hydrogen) atoms. The molecule has 0 saturated carbocycles. The monoisotopic (exact) mass is 445 g/mol. The van der Waals surface area contributed by atoms with Gasteiger partial charge in [-0.05, 0) is 50.2 Å². The highest BCUT2D eigenvalue weighted by atomic mass is 79.9. The first-order chi connectivity index (χ1) is 12.9. The van der Waals surface area contributed by atoms with Crippen LogP contribution < -0.4 is 5.32 Å². The van der Waals surface area contributed by atoms with E-state index in [1.807, 2.05) is 24.3 Å². The van der Waals surface area contributed by atoms with Crippen LogP contribution in [0.3, 0.4) is 0 Å². The topological polar surface area (TPSA) is 85.1 Å². The van der Waals surface area contributed by atoms with Crippen LogP contribution in [0.15, 0.2) is 62.6 Å². The molecule has 0 aliphatic heterocycles. The summed E-state index contributed by atoms with van der Waals surface area (Å²) in [4.78, 5) is 23.8. The van der Waals surface area contributed by atoms with Gasteiger partial charge in [-0.1, -0.05) is 39.8 Å². The number of nitrogens with zero attached hydrogens (tertiary/aromatic N) is 2. The van der Waals surface area contributed by atoms with Gasteiger partial charge in [0, 0.05) is 21.3 Å². The Balaban J connectivity index is 1.64. The molecule has 0 radical (unpaired) electrons. The number of carbonyl (C=O) groups is 2. The highest BCUT2D eigenvalue weighted by Gasteiger charge is 2.19. The van der Waals surface area contributed by atoms with Gasteiger partial charge in [-0.25, -0.2) is 0 Å². The maximum absolute atomic E-state index is 12.4. The largest absolute Gasteiger partial charge is 0.411 e. The zero-order valence-electron chi connectivity index (χ0n) is 14.6. The highest BCUT2D eigenvalue weighted by molar-refractivity contribution is 9.10. The molecule has 3 aromatic rings. The van der Waals surface area contributed by atoms with E-state index in [1.54, 1.807) is 31.2 Å². The number of benzene rings is 2. The quantitative estimate of drug-likeness (QED) is 0.432. The lowest BCUT2D eigenvalue weighted by molar-refractivity contribution is -0.115.